The molecule has 1 N–H and O–H groups in total. The van der Waals surface area contributed by atoms with Crippen LogP contribution in [-0.4, -0.2) is 42.2 Å². The average Bonchev–Trinajstić information content (AvgIpc) is 3.25. The number of aromatic nitrogens is 1. The third kappa shape index (κ3) is 3.23. The van der Waals surface area contributed by atoms with E-state index in [1.165, 1.54) is 0 Å². The molecule has 1 fully saturated rings. The number of hydrogen-bond donors (Lipinski definition) is 1. The van der Waals surface area contributed by atoms with Crippen molar-refractivity contribution >= 4 is 38.4 Å². The molecule has 2 atom stereocenters. The van der Waals surface area contributed by atoms with E-state index in [4.69, 9.17) is 0 Å². The summed E-state index contributed by atoms with van der Waals surface area (Å²) in [5, 5.41) is 6.65. The lowest BCUT2D eigenvalue weighted by atomic mass is 10.0. The highest BCUT2D eigenvalue weighted by Crippen LogP contribution is 2.42. The van der Waals surface area contributed by atoms with E-state index in [9.17, 15) is 4.39 Å². The van der Waals surface area contributed by atoms with Crippen molar-refractivity contribution in [2.75, 3.05) is 25.5 Å². The second kappa shape index (κ2) is 7.36. The zero-order chi connectivity index (χ0) is 18.1. The monoisotopic (exact) mass is 385 g/mol. The smallest absolute Gasteiger partial charge is 0.133 e. The van der Waals surface area contributed by atoms with Crippen LogP contribution in [0.3, 0.4) is 0 Å². The van der Waals surface area contributed by atoms with Crippen LogP contribution in [0.25, 0.3) is 21.3 Å². The molecule has 2 aromatic heterocycles. The normalized spacial score (nSPS) is 20.7. The molecule has 0 saturated carbocycles. The van der Waals surface area contributed by atoms with Crippen LogP contribution < -0.4 is 5.32 Å². The van der Waals surface area contributed by atoms with Gasteiger partial charge in [0.25, 0.3) is 0 Å². The second-order valence-corrected chi connectivity index (χ2v) is 8.29. The number of nitrogens with one attached hydrogen (secondary N) is 1. The molecule has 2 unspecified atom stereocenters. The van der Waals surface area contributed by atoms with Gasteiger partial charge in [0, 0.05) is 29.4 Å². The van der Waals surface area contributed by atoms with Gasteiger partial charge in [-0.2, -0.15) is 0 Å². The van der Waals surface area contributed by atoms with Crippen molar-refractivity contribution in [2.45, 2.75) is 25.6 Å². The van der Waals surface area contributed by atoms with Gasteiger partial charge >= 0.3 is 0 Å². The highest BCUT2D eigenvalue weighted by Gasteiger charge is 2.28. The fourth-order valence-corrected chi connectivity index (χ4v) is 5.18. The van der Waals surface area contributed by atoms with E-state index in [1.54, 1.807) is 22.7 Å². The molecule has 0 radical (unpaired) electrons. The molecule has 3 heterocycles. The van der Waals surface area contributed by atoms with Gasteiger partial charge in [0.2, 0.25) is 0 Å². The molecule has 3 nitrogen and oxygen atoms in total. The van der Waals surface area contributed by atoms with Crippen LogP contribution in [0.5, 0.6) is 0 Å². The molecule has 0 spiro atoms. The molecule has 3 aromatic rings. The standard InChI is InChI=1S/C20H20FN3S2/c1-3-5-18-19(17-11-25-12-22-17)13-6-4-7-16(20(13)26-18)23-15-8-9-24(2)10-14(15)21/h4,6-7,11-12,14-15,23H,8-10H2,1-2H3. The molecule has 1 saturated heterocycles. The average molecular weight is 386 g/mol. The van der Waals surface area contributed by atoms with Crippen LogP contribution in [0.15, 0.2) is 29.1 Å². The Hall–Kier alpha value is -1.94. The summed E-state index contributed by atoms with van der Waals surface area (Å²) in [5.41, 5.74) is 4.88. The fourth-order valence-electron chi connectivity index (χ4n) is 3.44. The summed E-state index contributed by atoms with van der Waals surface area (Å²) in [6.45, 7) is 3.24. The number of halogens is 1. The van der Waals surface area contributed by atoms with Gasteiger partial charge in [0.15, 0.2) is 0 Å². The number of alkyl halides is 1. The van der Waals surface area contributed by atoms with E-state index >= 15 is 0 Å². The van der Waals surface area contributed by atoms with Gasteiger partial charge in [-0.05, 0) is 26.5 Å². The quantitative estimate of drug-likeness (QED) is 0.653. The van der Waals surface area contributed by atoms with Crippen molar-refractivity contribution in [2.24, 2.45) is 0 Å². The molecule has 0 bridgehead atoms. The molecule has 6 heteroatoms. The van der Waals surface area contributed by atoms with Crippen LogP contribution >= 0.6 is 22.7 Å². The topological polar surface area (TPSA) is 28.2 Å². The lowest BCUT2D eigenvalue weighted by molar-refractivity contribution is 0.149. The molecule has 134 valence electrons. The maximum absolute atomic E-state index is 14.5. The Morgan fingerprint density at radius 1 is 1.38 bits per heavy atom. The fraction of sp³-hybridized carbons (Fsp3) is 0.350. The molecular formula is C20H20FN3S2. The van der Waals surface area contributed by atoms with Gasteiger partial charge in [-0.1, -0.05) is 18.1 Å². The van der Waals surface area contributed by atoms with E-state index in [1.807, 2.05) is 36.5 Å². The predicted octanol–water partition coefficient (Wildman–Crippen LogP) is 4.85. The number of piperidine rings is 1. The minimum Gasteiger partial charge on any atom is -0.378 e. The van der Waals surface area contributed by atoms with Gasteiger partial charge in [-0.3, -0.25) is 0 Å². The minimum absolute atomic E-state index is 0.151. The zero-order valence-corrected chi connectivity index (χ0v) is 16.4. The Morgan fingerprint density at radius 3 is 3.00 bits per heavy atom. The van der Waals surface area contributed by atoms with E-state index in [0.717, 1.165) is 44.9 Å². The number of thiazole rings is 1. The molecule has 1 aromatic carbocycles. The first-order valence-corrected chi connectivity index (χ1v) is 10.4. The summed E-state index contributed by atoms with van der Waals surface area (Å²) in [4.78, 5) is 7.55. The zero-order valence-electron chi connectivity index (χ0n) is 14.8. The van der Waals surface area contributed by atoms with Gasteiger partial charge in [-0.15, -0.1) is 28.6 Å². The number of hydrogen-bond acceptors (Lipinski definition) is 5. The van der Waals surface area contributed by atoms with E-state index in [-0.39, 0.29) is 6.04 Å². The Labute approximate surface area is 160 Å². The maximum atomic E-state index is 14.5. The number of anilines is 1. The number of thiophene rings is 1. The molecule has 1 aliphatic heterocycles. The number of benzene rings is 1. The highest BCUT2D eigenvalue weighted by atomic mass is 32.1. The van der Waals surface area contributed by atoms with Crippen molar-refractivity contribution in [1.29, 1.82) is 0 Å². The summed E-state index contributed by atoms with van der Waals surface area (Å²) < 4.78 is 15.6. The summed E-state index contributed by atoms with van der Waals surface area (Å²) in [6, 6.07) is 6.02. The van der Waals surface area contributed by atoms with Gasteiger partial charge in [0.05, 0.1) is 32.5 Å². The molecule has 0 aliphatic carbocycles. The first kappa shape index (κ1) is 17.5. The van der Waals surface area contributed by atoms with Crippen LogP contribution in [-0.2, 0) is 0 Å². The Bertz CT molecular complexity index is 968. The van der Waals surface area contributed by atoms with Gasteiger partial charge < -0.3 is 10.2 Å². The minimum atomic E-state index is -0.864. The van der Waals surface area contributed by atoms with E-state index in [0.29, 0.717) is 6.54 Å². The first-order chi connectivity index (χ1) is 12.7. The van der Waals surface area contributed by atoms with Crippen LogP contribution in [0.2, 0.25) is 0 Å². The summed E-state index contributed by atoms with van der Waals surface area (Å²) in [5.74, 6) is 6.23. The number of likely N-dealkylation sites (tertiary alicyclic amines) is 1. The molecular weight excluding hydrogens is 365 g/mol. The third-order valence-corrected chi connectivity index (χ3v) is 6.47. The maximum Gasteiger partial charge on any atom is 0.133 e. The van der Waals surface area contributed by atoms with Crippen LogP contribution in [0.1, 0.15) is 18.2 Å². The van der Waals surface area contributed by atoms with E-state index in [2.05, 4.69) is 33.6 Å². The number of fused-ring (bicyclic) bond motifs is 1. The van der Waals surface area contributed by atoms with Gasteiger partial charge in [-0.25, -0.2) is 9.37 Å². The van der Waals surface area contributed by atoms with Crippen molar-refractivity contribution in [3.05, 3.63) is 34.0 Å². The predicted molar refractivity (Wildman–Crippen MR) is 110 cm³/mol. The number of nitrogens with zero attached hydrogens (tertiary/aromatic N) is 2. The Kier molecular flexibility index (Phi) is 4.94. The second-order valence-electron chi connectivity index (χ2n) is 6.55. The lowest BCUT2D eigenvalue weighted by Gasteiger charge is -2.33. The highest BCUT2D eigenvalue weighted by molar-refractivity contribution is 7.21. The van der Waals surface area contributed by atoms with Crippen molar-refractivity contribution in [1.82, 2.24) is 9.88 Å². The van der Waals surface area contributed by atoms with Gasteiger partial charge in [0.1, 0.15) is 6.17 Å². The Balaban J connectivity index is 1.77. The van der Waals surface area contributed by atoms with Crippen molar-refractivity contribution < 1.29 is 4.39 Å². The molecule has 26 heavy (non-hydrogen) atoms. The molecule has 4 rings (SSSR count). The summed E-state index contributed by atoms with van der Waals surface area (Å²) in [6.07, 6.45) is -0.0584. The van der Waals surface area contributed by atoms with Crippen molar-refractivity contribution in [3.8, 4) is 23.1 Å². The number of rotatable bonds is 3. The largest absolute Gasteiger partial charge is 0.378 e. The lowest BCUT2D eigenvalue weighted by Crippen LogP contribution is -2.46. The molecule has 0 amide bonds. The summed E-state index contributed by atoms with van der Waals surface area (Å²) in [7, 11) is 1.97. The Morgan fingerprint density at radius 2 is 2.27 bits per heavy atom. The van der Waals surface area contributed by atoms with Crippen molar-refractivity contribution in [3.63, 3.8) is 0 Å². The van der Waals surface area contributed by atoms with Crippen LogP contribution in [0, 0.1) is 11.8 Å². The van der Waals surface area contributed by atoms with E-state index < -0.39 is 6.17 Å². The van der Waals surface area contributed by atoms with Crippen LogP contribution in [0.4, 0.5) is 10.1 Å². The molecule has 1 aliphatic rings. The third-order valence-electron chi connectivity index (χ3n) is 4.73. The summed E-state index contributed by atoms with van der Waals surface area (Å²) >= 11 is 3.24. The first-order valence-electron chi connectivity index (χ1n) is 8.63. The SMILES string of the molecule is CC#Cc1sc2c(NC3CCN(C)CC3F)cccc2c1-c1cscn1.